The van der Waals surface area contributed by atoms with E-state index in [1.54, 1.807) is 10.9 Å². The molecular weight excluding hydrogens is 376 g/mol. The van der Waals surface area contributed by atoms with Crippen molar-refractivity contribution in [1.29, 1.82) is 0 Å². The molecule has 0 saturated carbocycles. The van der Waals surface area contributed by atoms with Crippen molar-refractivity contribution in [2.75, 3.05) is 0 Å². The van der Waals surface area contributed by atoms with Crippen LogP contribution in [-0.4, -0.2) is 30.8 Å². The van der Waals surface area contributed by atoms with Crippen LogP contribution in [0.4, 0.5) is 0 Å². The Morgan fingerprint density at radius 2 is 2.21 bits per heavy atom. The topological polar surface area (TPSA) is 98.7 Å². The fourth-order valence-corrected chi connectivity index (χ4v) is 2.41. The molecule has 0 atom stereocenters. The molecule has 0 unspecified atom stereocenters. The van der Waals surface area contributed by atoms with E-state index in [0.717, 1.165) is 21.6 Å². The van der Waals surface area contributed by atoms with E-state index < -0.39 is 5.91 Å². The first-order valence-corrected chi connectivity index (χ1v) is 8.04. The minimum Gasteiger partial charge on any atom is -0.342 e. The van der Waals surface area contributed by atoms with Gasteiger partial charge in [0, 0.05) is 6.20 Å². The molecular formula is C15H15BrN6O2. The van der Waals surface area contributed by atoms with Gasteiger partial charge < -0.3 is 9.84 Å². The molecule has 124 valence electrons. The quantitative estimate of drug-likeness (QED) is 0.715. The van der Waals surface area contributed by atoms with Gasteiger partial charge in [-0.25, -0.2) is 0 Å². The fourth-order valence-electron chi connectivity index (χ4n) is 2.12. The van der Waals surface area contributed by atoms with Crippen LogP contribution in [-0.2, 0) is 13.1 Å². The van der Waals surface area contributed by atoms with Gasteiger partial charge in [-0.2, -0.15) is 10.1 Å². The zero-order valence-corrected chi connectivity index (χ0v) is 14.7. The minimum absolute atomic E-state index is 0.0819. The van der Waals surface area contributed by atoms with E-state index in [1.807, 2.05) is 32.0 Å². The number of amides is 1. The molecule has 3 aromatic heterocycles. The Hall–Kier alpha value is -2.55. The molecule has 0 radical (unpaired) electrons. The lowest BCUT2D eigenvalue weighted by Crippen LogP contribution is -2.23. The van der Waals surface area contributed by atoms with Crippen LogP contribution in [0.15, 0.2) is 33.4 Å². The van der Waals surface area contributed by atoms with Gasteiger partial charge in [0.25, 0.3) is 0 Å². The molecule has 1 N–H and O–H groups in total. The van der Waals surface area contributed by atoms with Crippen molar-refractivity contribution < 1.29 is 9.32 Å². The van der Waals surface area contributed by atoms with Crippen LogP contribution in [0.5, 0.6) is 0 Å². The summed E-state index contributed by atoms with van der Waals surface area (Å²) in [5.41, 5.74) is 2.58. The molecule has 3 aromatic rings. The lowest BCUT2D eigenvalue weighted by Gasteiger charge is -2.00. The molecule has 0 saturated heterocycles. The van der Waals surface area contributed by atoms with E-state index in [2.05, 4.69) is 41.5 Å². The van der Waals surface area contributed by atoms with Crippen LogP contribution >= 0.6 is 15.9 Å². The summed E-state index contributed by atoms with van der Waals surface area (Å²) in [5, 5.41) is 10.9. The summed E-state index contributed by atoms with van der Waals surface area (Å²) >= 11 is 3.47. The Morgan fingerprint density at radius 1 is 1.38 bits per heavy atom. The maximum absolute atomic E-state index is 12.0. The number of hydrogen-bond acceptors (Lipinski definition) is 6. The number of hydrogen-bond donors (Lipinski definition) is 1. The second-order valence-corrected chi connectivity index (χ2v) is 5.95. The first-order chi connectivity index (χ1) is 11.5. The monoisotopic (exact) mass is 390 g/mol. The highest BCUT2D eigenvalue weighted by Crippen LogP contribution is 2.20. The molecule has 9 heteroatoms. The first kappa shape index (κ1) is 16.3. The minimum atomic E-state index is -0.436. The molecule has 0 aromatic carbocycles. The standard InChI is InChI=1S/C15H15BrN6O2/c1-9-13(16)10(2)22(20-9)8-12-19-15(24-21-12)14(23)18-7-11-5-3-4-6-17-11/h3-6H,7-8H2,1-2H3,(H,18,23). The van der Waals surface area contributed by atoms with Crippen molar-refractivity contribution in [2.45, 2.75) is 26.9 Å². The van der Waals surface area contributed by atoms with Gasteiger partial charge >= 0.3 is 11.8 Å². The number of carbonyl (C=O) groups excluding carboxylic acids is 1. The van der Waals surface area contributed by atoms with Crippen LogP contribution in [0.3, 0.4) is 0 Å². The zero-order chi connectivity index (χ0) is 17.1. The third kappa shape index (κ3) is 3.51. The zero-order valence-electron chi connectivity index (χ0n) is 13.2. The van der Waals surface area contributed by atoms with Crippen LogP contribution in [0, 0.1) is 13.8 Å². The predicted octanol–water partition coefficient (Wildman–Crippen LogP) is 2.02. The largest absolute Gasteiger partial charge is 0.342 e. The highest BCUT2D eigenvalue weighted by atomic mass is 79.9. The van der Waals surface area contributed by atoms with Gasteiger partial charge in [-0.05, 0) is 41.9 Å². The number of carbonyl (C=O) groups is 1. The van der Waals surface area contributed by atoms with Crippen molar-refractivity contribution in [1.82, 2.24) is 30.2 Å². The van der Waals surface area contributed by atoms with Crippen molar-refractivity contribution >= 4 is 21.8 Å². The Balaban J connectivity index is 1.64. The smallest absolute Gasteiger partial charge is 0.316 e. The first-order valence-electron chi connectivity index (χ1n) is 7.25. The molecule has 3 rings (SSSR count). The van der Waals surface area contributed by atoms with Crippen LogP contribution in [0.2, 0.25) is 0 Å². The SMILES string of the molecule is Cc1nn(Cc2noc(C(=O)NCc3ccccn3)n2)c(C)c1Br. The van der Waals surface area contributed by atoms with Gasteiger partial charge in [0.15, 0.2) is 5.82 Å². The fraction of sp³-hybridized carbons (Fsp3) is 0.267. The average Bonchev–Trinajstić information content (AvgIpc) is 3.15. The number of nitrogens with one attached hydrogen (secondary N) is 1. The van der Waals surface area contributed by atoms with Gasteiger partial charge in [0.2, 0.25) is 0 Å². The van der Waals surface area contributed by atoms with Crippen LogP contribution in [0.1, 0.15) is 33.6 Å². The molecule has 0 aliphatic rings. The summed E-state index contributed by atoms with van der Waals surface area (Å²) in [7, 11) is 0. The molecule has 0 fully saturated rings. The number of halogens is 1. The lowest BCUT2D eigenvalue weighted by molar-refractivity contribution is 0.0906. The lowest BCUT2D eigenvalue weighted by atomic mass is 10.3. The predicted molar refractivity (Wildman–Crippen MR) is 88.2 cm³/mol. The van der Waals surface area contributed by atoms with E-state index >= 15 is 0 Å². The van der Waals surface area contributed by atoms with Gasteiger partial charge in [-0.1, -0.05) is 11.2 Å². The average molecular weight is 391 g/mol. The molecule has 0 aliphatic heterocycles. The third-order valence-electron chi connectivity index (χ3n) is 3.40. The maximum atomic E-state index is 12.0. The summed E-state index contributed by atoms with van der Waals surface area (Å²) in [6.45, 7) is 4.46. The van der Waals surface area contributed by atoms with Gasteiger partial charge in [-0.15, -0.1) is 0 Å². The Bertz CT molecular complexity index is 858. The second kappa shape index (κ2) is 6.91. The summed E-state index contributed by atoms with van der Waals surface area (Å²) in [5.74, 6) is -0.133. The van der Waals surface area contributed by atoms with E-state index in [9.17, 15) is 4.79 Å². The number of rotatable bonds is 5. The van der Waals surface area contributed by atoms with Gasteiger partial charge in [0.05, 0.1) is 28.1 Å². The molecule has 24 heavy (non-hydrogen) atoms. The number of nitrogens with zero attached hydrogens (tertiary/aromatic N) is 5. The number of aryl methyl sites for hydroxylation is 1. The summed E-state index contributed by atoms with van der Waals surface area (Å²) in [4.78, 5) is 20.3. The molecule has 1 amide bonds. The van der Waals surface area contributed by atoms with Crippen molar-refractivity contribution in [3.8, 4) is 0 Å². The van der Waals surface area contributed by atoms with Crippen molar-refractivity contribution in [2.24, 2.45) is 0 Å². The van der Waals surface area contributed by atoms with Gasteiger partial charge in [-0.3, -0.25) is 14.5 Å². The van der Waals surface area contributed by atoms with E-state index in [-0.39, 0.29) is 5.89 Å². The Morgan fingerprint density at radius 3 is 2.88 bits per heavy atom. The number of aromatic nitrogens is 5. The molecule has 0 bridgehead atoms. The third-order valence-corrected chi connectivity index (χ3v) is 4.55. The van der Waals surface area contributed by atoms with Crippen molar-refractivity contribution in [3.63, 3.8) is 0 Å². The summed E-state index contributed by atoms with van der Waals surface area (Å²) in [6, 6.07) is 5.49. The molecule has 0 aliphatic carbocycles. The van der Waals surface area contributed by atoms with Crippen molar-refractivity contribution in [3.05, 3.63) is 57.7 Å². The Kier molecular flexibility index (Phi) is 4.70. The van der Waals surface area contributed by atoms with Crippen LogP contribution in [0.25, 0.3) is 0 Å². The highest BCUT2D eigenvalue weighted by molar-refractivity contribution is 9.10. The second-order valence-electron chi connectivity index (χ2n) is 5.16. The summed E-state index contributed by atoms with van der Waals surface area (Å²) < 4.78 is 7.71. The van der Waals surface area contributed by atoms with E-state index in [4.69, 9.17) is 4.52 Å². The van der Waals surface area contributed by atoms with E-state index in [1.165, 1.54) is 0 Å². The Labute approximate surface area is 146 Å². The van der Waals surface area contributed by atoms with Gasteiger partial charge in [0.1, 0.15) is 6.54 Å². The maximum Gasteiger partial charge on any atom is 0.316 e. The van der Waals surface area contributed by atoms with E-state index in [0.29, 0.717) is 18.9 Å². The summed E-state index contributed by atoms with van der Waals surface area (Å²) in [6.07, 6.45) is 1.67. The molecule has 8 nitrogen and oxygen atoms in total. The molecule has 3 heterocycles. The molecule has 0 spiro atoms. The van der Waals surface area contributed by atoms with Crippen LogP contribution < -0.4 is 5.32 Å². The highest BCUT2D eigenvalue weighted by Gasteiger charge is 2.17. The number of pyridine rings is 1. The normalized spacial score (nSPS) is 10.8.